The fraction of sp³-hybridized carbons (Fsp3) is 0.200. The van der Waals surface area contributed by atoms with Crippen molar-refractivity contribution in [3.8, 4) is 5.75 Å². The third-order valence-corrected chi connectivity index (χ3v) is 1.94. The van der Waals surface area contributed by atoms with Crippen LogP contribution in [0.4, 0.5) is 8.78 Å². The molecular weight excluding hydrogens is 206 g/mol. The molecule has 0 aliphatic heterocycles. The van der Waals surface area contributed by atoms with Gasteiger partial charge in [-0.2, -0.15) is 8.78 Å². The molecule has 0 aromatic heterocycles. The first-order chi connectivity index (χ1) is 7.08. The lowest BCUT2D eigenvalue weighted by Gasteiger charge is -2.08. The average Bonchev–Trinajstić information content (AvgIpc) is 2.19. The van der Waals surface area contributed by atoms with Crippen LogP contribution in [-0.2, 0) is 0 Å². The quantitative estimate of drug-likeness (QED) is 0.722. The highest BCUT2D eigenvalue weighted by Crippen LogP contribution is 2.21. The summed E-state index contributed by atoms with van der Waals surface area (Å²) in [5.74, 6) is -0.195. The maximum Gasteiger partial charge on any atom is 0.387 e. The highest BCUT2D eigenvalue weighted by Gasteiger charge is 2.10. The lowest BCUT2D eigenvalue weighted by atomic mass is 10.0. The lowest BCUT2D eigenvalue weighted by molar-refractivity contribution is -0.0499. The standard InChI is InChI=1S/C10H8F2O3/c1-6-7(4-13)2-9(15-10(11)12)3-8(6)5-14/h2-5,10H,1H3. The van der Waals surface area contributed by atoms with Gasteiger partial charge in [0.25, 0.3) is 0 Å². The maximum atomic E-state index is 11.9. The van der Waals surface area contributed by atoms with E-state index in [0.29, 0.717) is 18.1 Å². The minimum atomic E-state index is -2.98. The molecule has 0 radical (unpaired) electrons. The average molecular weight is 214 g/mol. The molecule has 0 bridgehead atoms. The minimum Gasteiger partial charge on any atom is -0.435 e. The van der Waals surface area contributed by atoms with E-state index >= 15 is 0 Å². The molecule has 0 fully saturated rings. The van der Waals surface area contributed by atoms with Gasteiger partial charge in [-0.1, -0.05) is 0 Å². The topological polar surface area (TPSA) is 43.4 Å². The molecule has 0 aliphatic carbocycles. The molecule has 5 heteroatoms. The first-order valence-corrected chi connectivity index (χ1v) is 4.08. The van der Waals surface area contributed by atoms with Crippen molar-refractivity contribution in [2.24, 2.45) is 0 Å². The van der Waals surface area contributed by atoms with Gasteiger partial charge in [-0.05, 0) is 24.6 Å². The number of carbonyl (C=O) groups excluding carboxylic acids is 2. The number of alkyl halides is 2. The summed E-state index contributed by atoms with van der Waals surface area (Å²) in [5.41, 5.74) is 0.770. The van der Waals surface area contributed by atoms with Gasteiger partial charge in [0.2, 0.25) is 0 Å². The Bertz CT molecular complexity index is 359. The predicted molar refractivity (Wildman–Crippen MR) is 48.6 cm³/mol. The molecule has 0 N–H and O–H groups in total. The van der Waals surface area contributed by atoms with Crippen molar-refractivity contribution >= 4 is 12.6 Å². The first-order valence-electron chi connectivity index (χ1n) is 4.08. The third kappa shape index (κ3) is 2.59. The molecular formula is C10H8F2O3. The second-order valence-electron chi connectivity index (χ2n) is 2.84. The Balaban J connectivity index is 3.20. The predicted octanol–water partition coefficient (Wildman–Crippen LogP) is 2.22. The number of hydrogen-bond donors (Lipinski definition) is 0. The van der Waals surface area contributed by atoms with Crippen LogP contribution >= 0.6 is 0 Å². The highest BCUT2D eigenvalue weighted by atomic mass is 19.3. The Morgan fingerprint density at radius 1 is 1.20 bits per heavy atom. The Kier molecular flexibility index (Phi) is 3.49. The summed E-state index contributed by atoms with van der Waals surface area (Å²) in [7, 11) is 0. The fourth-order valence-electron chi connectivity index (χ4n) is 1.15. The van der Waals surface area contributed by atoms with Crippen molar-refractivity contribution in [3.63, 3.8) is 0 Å². The number of halogens is 2. The normalized spacial score (nSPS) is 10.1. The van der Waals surface area contributed by atoms with Crippen LogP contribution < -0.4 is 4.74 Å². The number of rotatable bonds is 4. The van der Waals surface area contributed by atoms with E-state index in [2.05, 4.69) is 4.74 Å². The van der Waals surface area contributed by atoms with Gasteiger partial charge < -0.3 is 4.74 Å². The zero-order valence-corrected chi connectivity index (χ0v) is 7.87. The molecule has 0 saturated carbocycles. The summed E-state index contributed by atoms with van der Waals surface area (Å²) in [6.45, 7) is -1.42. The summed E-state index contributed by atoms with van der Waals surface area (Å²) >= 11 is 0. The number of carbonyl (C=O) groups is 2. The summed E-state index contributed by atoms with van der Waals surface area (Å²) in [6.07, 6.45) is 0.974. The van der Waals surface area contributed by atoms with E-state index < -0.39 is 6.61 Å². The zero-order chi connectivity index (χ0) is 11.4. The first kappa shape index (κ1) is 11.3. The molecule has 1 rings (SSSR count). The zero-order valence-electron chi connectivity index (χ0n) is 7.87. The van der Waals surface area contributed by atoms with E-state index in [1.54, 1.807) is 6.92 Å². The summed E-state index contributed by atoms with van der Waals surface area (Å²) in [4.78, 5) is 21.1. The van der Waals surface area contributed by atoms with Crippen molar-refractivity contribution in [2.75, 3.05) is 0 Å². The molecule has 0 amide bonds. The van der Waals surface area contributed by atoms with E-state index in [-0.39, 0.29) is 16.9 Å². The van der Waals surface area contributed by atoms with E-state index in [9.17, 15) is 18.4 Å². The van der Waals surface area contributed by atoms with E-state index in [1.165, 1.54) is 12.1 Å². The third-order valence-electron chi connectivity index (χ3n) is 1.94. The van der Waals surface area contributed by atoms with E-state index in [4.69, 9.17) is 0 Å². The largest absolute Gasteiger partial charge is 0.435 e. The van der Waals surface area contributed by atoms with Crippen LogP contribution in [0.3, 0.4) is 0 Å². The second kappa shape index (κ2) is 4.63. The molecule has 0 unspecified atom stereocenters. The van der Waals surface area contributed by atoms with Crippen LogP contribution in [0.1, 0.15) is 26.3 Å². The van der Waals surface area contributed by atoms with Gasteiger partial charge in [0.1, 0.15) is 18.3 Å². The summed E-state index contributed by atoms with van der Waals surface area (Å²) < 4.78 is 27.9. The van der Waals surface area contributed by atoms with Crippen molar-refractivity contribution in [1.29, 1.82) is 0 Å². The molecule has 0 atom stereocenters. The van der Waals surface area contributed by atoms with Crippen molar-refractivity contribution in [2.45, 2.75) is 13.5 Å². The van der Waals surface area contributed by atoms with Gasteiger partial charge in [0.05, 0.1) is 0 Å². The molecule has 1 aromatic carbocycles. The van der Waals surface area contributed by atoms with Crippen LogP contribution in [0.25, 0.3) is 0 Å². The van der Waals surface area contributed by atoms with Crippen LogP contribution in [0, 0.1) is 6.92 Å². The number of benzene rings is 1. The molecule has 80 valence electrons. The van der Waals surface area contributed by atoms with Crippen LogP contribution in [-0.4, -0.2) is 19.2 Å². The molecule has 3 nitrogen and oxygen atoms in total. The van der Waals surface area contributed by atoms with Gasteiger partial charge in [-0.3, -0.25) is 9.59 Å². The van der Waals surface area contributed by atoms with Crippen LogP contribution in [0.5, 0.6) is 5.75 Å². The Morgan fingerprint density at radius 2 is 1.67 bits per heavy atom. The number of ether oxygens (including phenoxy) is 1. The van der Waals surface area contributed by atoms with Crippen molar-refractivity contribution < 1.29 is 23.1 Å². The fourth-order valence-corrected chi connectivity index (χ4v) is 1.15. The molecule has 0 saturated heterocycles. The summed E-state index contributed by atoms with van der Waals surface area (Å²) in [6, 6.07) is 2.34. The Morgan fingerprint density at radius 3 is 2.00 bits per heavy atom. The summed E-state index contributed by atoms with van der Waals surface area (Å²) in [5, 5.41) is 0. The van der Waals surface area contributed by atoms with Gasteiger partial charge in [0, 0.05) is 11.1 Å². The molecule has 0 spiro atoms. The molecule has 15 heavy (non-hydrogen) atoms. The Labute approximate surface area is 84.7 Å². The van der Waals surface area contributed by atoms with Crippen LogP contribution in [0.15, 0.2) is 12.1 Å². The Hall–Kier alpha value is -1.78. The lowest BCUT2D eigenvalue weighted by Crippen LogP contribution is -2.04. The van der Waals surface area contributed by atoms with Crippen molar-refractivity contribution in [1.82, 2.24) is 0 Å². The van der Waals surface area contributed by atoms with Gasteiger partial charge in [0.15, 0.2) is 0 Å². The number of hydrogen-bond acceptors (Lipinski definition) is 3. The van der Waals surface area contributed by atoms with E-state index in [1.807, 2.05) is 0 Å². The maximum absolute atomic E-state index is 11.9. The highest BCUT2D eigenvalue weighted by molar-refractivity contribution is 5.86. The smallest absolute Gasteiger partial charge is 0.387 e. The molecule has 0 heterocycles. The molecule has 1 aromatic rings. The van der Waals surface area contributed by atoms with Crippen LogP contribution in [0.2, 0.25) is 0 Å². The van der Waals surface area contributed by atoms with Gasteiger partial charge >= 0.3 is 6.61 Å². The van der Waals surface area contributed by atoms with Gasteiger partial charge in [-0.25, -0.2) is 0 Å². The number of aldehydes is 2. The van der Waals surface area contributed by atoms with Gasteiger partial charge in [-0.15, -0.1) is 0 Å². The van der Waals surface area contributed by atoms with E-state index in [0.717, 1.165) is 0 Å². The van der Waals surface area contributed by atoms with Crippen molar-refractivity contribution in [3.05, 3.63) is 28.8 Å². The molecule has 0 aliphatic rings. The SMILES string of the molecule is Cc1c(C=O)cc(OC(F)F)cc1C=O. The minimum absolute atomic E-state index is 0.162. The monoisotopic (exact) mass is 214 g/mol. The second-order valence-corrected chi connectivity index (χ2v) is 2.84.